The van der Waals surface area contributed by atoms with Gasteiger partial charge in [-0.1, -0.05) is 47.0 Å². The van der Waals surface area contributed by atoms with Crippen molar-refractivity contribution < 1.29 is 14.5 Å². The van der Waals surface area contributed by atoms with Crippen LogP contribution in [0.25, 0.3) is 0 Å². The number of amides is 1. The lowest BCUT2D eigenvalue weighted by molar-refractivity contribution is -0.389. The molecule has 1 amide bonds. The quantitative estimate of drug-likeness (QED) is 0.528. The molecule has 0 saturated heterocycles. The van der Waals surface area contributed by atoms with E-state index in [1.807, 2.05) is 18.2 Å². The van der Waals surface area contributed by atoms with Crippen molar-refractivity contribution in [3.8, 4) is 11.5 Å². The van der Waals surface area contributed by atoms with Crippen LogP contribution in [0.4, 0.5) is 11.5 Å². The first-order valence-electron chi connectivity index (χ1n) is 7.08. The van der Waals surface area contributed by atoms with Crippen LogP contribution in [0.5, 0.6) is 11.5 Å². The summed E-state index contributed by atoms with van der Waals surface area (Å²) in [6, 6.07) is 15.8. The zero-order valence-electron chi connectivity index (χ0n) is 12.6. The summed E-state index contributed by atoms with van der Waals surface area (Å²) in [4.78, 5) is 22.3. The van der Waals surface area contributed by atoms with Gasteiger partial charge in [0.25, 0.3) is 5.91 Å². The van der Waals surface area contributed by atoms with Crippen LogP contribution >= 0.6 is 11.6 Å². The summed E-state index contributed by atoms with van der Waals surface area (Å²) in [6.07, 6.45) is 0. The number of aromatic nitrogens is 2. The van der Waals surface area contributed by atoms with Crippen LogP contribution in [-0.2, 0) is 0 Å². The molecule has 0 fully saturated rings. The molecule has 0 bridgehead atoms. The zero-order chi connectivity index (χ0) is 17.8. The molecule has 0 aliphatic heterocycles. The molecule has 0 radical (unpaired) electrons. The van der Waals surface area contributed by atoms with Crippen LogP contribution in [-0.4, -0.2) is 21.0 Å². The highest BCUT2D eigenvalue weighted by Gasteiger charge is 2.25. The minimum Gasteiger partial charge on any atom is -0.455 e. The average molecular weight is 359 g/mol. The fourth-order valence-electron chi connectivity index (χ4n) is 2.05. The number of carbonyl (C=O) groups excluding carboxylic acids is 1. The lowest BCUT2D eigenvalue weighted by Crippen LogP contribution is -2.13. The molecular formula is C16H11ClN4O4. The van der Waals surface area contributed by atoms with E-state index in [2.05, 4.69) is 15.5 Å². The van der Waals surface area contributed by atoms with E-state index >= 15 is 0 Å². The maximum absolute atomic E-state index is 12.3. The molecule has 1 heterocycles. The van der Waals surface area contributed by atoms with Gasteiger partial charge in [0, 0.05) is 0 Å². The molecule has 0 spiro atoms. The normalized spacial score (nSPS) is 10.3. The maximum atomic E-state index is 12.3. The summed E-state index contributed by atoms with van der Waals surface area (Å²) < 4.78 is 5.74. The summed E-state index contributed by atoms with van der Waals surface area (Å²) in [5.74, 6) is -0.236. The van der Waals surface area contributed by atoms with Gasteiger partial charge in [-0.15, -0.1) is 5.10 Å². The van der Waals surface area contributed by atoms with Gasteiger partial charge in [0.05, 0.1) is 5.69 Å². The Morgan fingerprint density at radius 1 is 1.16 bits per heavy atom. The van der Waals surface area contributed by atoms with Crippen molar-refractivity contribution in [1.29, 1.82) is 0 Å². The van der Waals surface area contributed by atoms with Gasteiger partial charge in [-0.2, -0.15) is 0 Å². The number of carbonyl (C=O) groups is 1. The van der Waals surface area contributed by atoms with Crippen LogP contribution in [0.1, 0.15) is 10.5 Å². The topological polar surface area (TPSA) is 110 Å². The molecule has 25 heavy (non-hydrogen) atoms. The largest absolute Gasteiger partial charge is 0.455 e. The summed E-state index contributed by atoms with van der Waals surface area (Å²) in [5, 5.41) is 18.7. The lowest BCUT2D eigenvalue weighted by atomic mass is 10.2. The minimum absolute atomic E-state index is 0.275. The van der Waals surface area contributed by atoms with Gasteiger partial charge in [0.1, 0.15) is 5.75 Å². The van der Waals surface area contributed by atoms with Gasteiger partial charge in [0.2, 0.25) is 0 Å². The fourth-order valence-corrected chi connectivity index (χ4v) is 2.29. The second-order valence-electron chi connectivity index (χ2n) is 4.86. The van der Waals surface area contributed by atoms with Crippen LogP contribution in [0, 0.1) is 10.1 Å². The highest BCUT2D eigenvalue weighted by atomic mass is 35.5. The zero-order valence-corrected chi connectivity index (χ0v) is 13.4. The van der Waals surface area contributed by atoms with Crippen molar-refractivity contribution in [3.63, 3.8) is 0 Å². The lowest BCUT2D eigenvalue weighted by Gasteiger charge is -2.11. The van der Waals surface area contributed by atoms with E-state index in [4.69, 9.17) is 16.3 Å². The minimum atomic E-state index is -0.751. The van der Waals surface area contributed by atoms with E-state index in [0.717, 1.165) is 0 Å². The standard InChI is InChI=1S/C16H11ClN4O4/c17-13-14(19-20-15(13)21(23)24)16(22)18-11-8-4-5-9-12(11)25-10-6-2-1-3-7-10/h1-9H,(H,18,22)(H,19,20). The predicted molar refractivity (Wildman–Crippen MR) is 91.2 cm³/mol. The number of nitrogens with zero attached hydrogens (tertiary/aromatic N) is 2. The number of anilines is 1. The maximum Gasteiger partial charge on any atom is 0.362 e. The first-order valence-corrected chi connectivity index (χ1v) is 7.45. The summed E-state index contributed by atoms with van der Waals surface area (Å²) in [5.41, 5.74) is 0.0981. The van der Waals surface area contributed by atoms with E-state index in [-0.39, 0.29) is 10.7 Å². The number of nitrogens with one attached hydrogen (secondary N) is 2. The first-order chi connectivity index (χ1) is 12.1. The molecule has 0 unspecified atom stereocenters. The van der Waals surface area contributed by atoms with E-state index in [0.29, 0.717) is 17.2 Å². The fraction of sp³-hybridized carbons (Fsp3) is 0. The Labute approximate surface area is 146 Å². The van der Waals surface area contributed by atoms with Gasteiger partial charge in [-0.25, -0.2) is 0 Å². The van der Waals surface area contributed by atoms with Crippen molar-refractivity contribution in [2.75, 3.05) is 5.32 Å². The van der Waals surface area contributed by atoms with Crippen molar-refractivity contribution >= 4 is 29.0 Å². The Morgan fingerprint density at radius 2 is 1.84 bits per heavy atom. The Morgan fingerprint density at radius 3 is 2.52 bits per heavy atom. The first kappa shape index (κ1) is 16.5. The van der Waals surface area contributed by atoms with Crippen molar-refractivity contribution in [1.82, 2.24) is 10.2 Å². The Kier molecular flexibility index (Phi) is 4.62. The van der Waals surface area contributed by atoms with Crippen LogP contribution in [0.2, 0.25) is 5.02 Å². The Hall–Kier alpha value is -3.39. The van der Waals surface area contributed by atoms with Crippen molar-refractivity contribution in [2.24, 2.45) is 0 Å². The number of halogens is 1. The number of H-pyrrole nitrogens is 1. The number of nitro groups is 1. The number of para-hydroxylation sites is 3. The Balaban J connectivity index is 1.84. The second-order valence-corrected chi connectivity index (χ2v) is 5.24. The van der Waals surface area contributed by atoms with Crippen LogP contribution in [0.15, 0.2) is 54.6 Å². The van der Waals surface area contributed by atoms with Crippen LogP contribution in [0.3, 0.4) is 0 Å². The highest BCUT2D eigenvalue weighted by molar-refractivity contribution is 6.35. The number of hydrogen-bond acceptors (Lipinski definition) is 5. The molecule has 8 nitrogen and oxygen atoms in total. The van der Waals surface area contributed by atoms with Gasteiger partial charge in [-0.3, -0.25) is 4.79 Å². The molecule has 3 aromatic rings. The summed E-state index contributed by atoms with van der Waals surface area (Å²) in [6.45, 7) is 0. The predicted octanol–water partition coefficient (Wildman–Crippen LogP) is 4.02. The van der Waals surface area contributed by atoms with E-state index in [1.54, 1.807) is 36.4 Å². The second kappa shape index (κ2) is 7.02. The SMILES string of the molecule is O=C(Nc1ccccc1Oc1ccccc1)c1n[nH]c([N+](=O)[O-])c1Cl. The highest BCUT2D eigenvalue weighted by Crippen LogP contribution is 2.31. The molecule has 2 N–H and O–H groups in total. The molecule has 2 aromatic carbocycles. The molecule has 3 rings (SSSR count). The third-order valence-electron chi connectivity index (χ3n) is 3.19. The summed E-state index contributed by atoms with van der Waals surface area (Å²) in [7, 11) is 0. The van der Waals surface area contributed by atoms with E-state index in [1.165, 1.54) is 0 Å². The number of ether oxygens (including phenoxy) is 1. The smallest absolute Gasteiger partial charge is 0.362 e. The number of hydrogen-bond donors (Lipinski definition) is 2. The molecule has 0 atom stereocenters. The molecule has 0 aliphatic carbocycles. The number of rotatable bonds is 5. The van der Waals surface area contributed by atoms with Gasteiger partial charge >= 0.3 is 5.82 Å². The number of benzene rings is 2. The van der Waals surface area contributed by atoms with E-state index < -0.39 is 16.6 Å². The van der Waals surface area contributed by atoms with Crippen LogP contribution < -0.4 is 10.1 Å². The third kappa shape index (κ3) is 3.59. The average Bonchev–Trinajstić information content (AvgIpc) is 2.99. The molecule has 0 aliphatic rings. The van der Waals surface area contributed by atoms with Gasteiger partial charge in [-0.05, 0) is 29.2 Å². The summed E-state index contributed by atoms with van der Waals surface area (Å²) >= 11 is 5.82. The number of aromatic amines is 1. The van der Waals surface area contributed by atoms with Crippen molar-refractivity contribution in [2.45, 2.75) is 0 Å². The molecular weight excluding hydrogens is 348 g/mol. The third-order valence-corrected chi connectivity index (χ3v) is 3.55. The van der Waals surface area contributed by atoms with Gasteiger partial charge in [0.15, 0.2) is 16.5 Å². The van der Waals surface area contributed by atoms with E-state index in [9.17, 15) is 14.9 Å². The molecule has 9 heteroatoms. The van der Waals surface area contributed by atoms with Crippen molar-refractivity contribution in [3.05, 3.63) is 75.4 Å². The molecule has 1 aromatic heterocycles. The monoisotopic (exact) mass is 358 g/mol. The van der Waals surface area contributed by atoms with Gasteiger partial charge < -0.3 is 20.2 Å². The Bertz CT molecular complexity index is 927. The molecule has 0 saturated carbocycles. The molecule has 126 valence electrons.